The Balaban J connectivity index is 1.48. The van der Waals surface area contributed by atoms with Gasteiger partial charge in [-0.05, 0) is 60.2 Å². The number of hydrogen-bond donors (Lipinski definition) is 1. The SMILES string of the molecule is COC(=O)c1ccc(C2C(C(=O)OCCc3ccccc3)=C(C)NC3=C2C(=O)CC(c2ccc(OC)c(OC)c2)C3)cc1. The van der Waals surface area contributed by atoms with E-state index in [9.17, 15) is 14.4 Å². The van der Waals surface area contributed by atoms with Crippen molar-refractivity contribution in [2.24, 2.45) is 0 Å². The molecule has 43 heavy (non-hydrogen) atoms. The molecule has 3 aromatic rings. The number of benzene rings is 3. The molecule has 0 saturated carbocycles. The Bertz CT molecular complexity index is 1590. The van der Waals surface area contributed by atoms with Crippen molar-refractivity contribution < 1.29 is 33.3 Å². The average Bonchev–Trinajstić information content (AvgIpc) is 3.03. The van der Waals surface area contributed by atoms with Crippen LogP contribution in [0.3, 0.4) is 0 Å². The fourth-order valence-corrected chi connectivity index (χ4v) is 5.90. The van der Waals surface area contributed by atoms with Crippen molar-refractivity contribution in [3.8, 4) is 11.5 Å². The van der Waals surface area contributed by atoms with Crippen molar-refractivity contribution in [1.29, 1.82) is 0 Å². The first kappa shape index (κ1) is 29.6. The molecular weight excluding hydrogens is 546 g/mol. The predicted molar refractivity (Wildman–Crippen MR) is 161 cm³/mol. The normalized spacial score (nSPS) is 18.0. The number of nitrogens with one attached hydrogen (secondary N) is 1. The number of carbonyl (C=O) groups excluding carboxylic acids is 3. The summed E-state index contributed by atoms with van der Waals surface area (Å²) in [6.45, 7) is 2.03. The highest BCUT2D eigenvalue weighted by molar-refractivity contribution is 6.04. The van der Waals surface area contributed by atoms with E-state index in [1.54, 1.807) is 38.5 Å². The van der Waals surface area contributed by atoms with Gasteiger partial charge in [0.1, 0.15) is 0 Å². The summed E-state index contributed by atoms with van der Waals surface area (Å²) in [6, 6.07) is 22.3. The maximum Gasteiger partial charge on any atom is 0.337 e. The third kappa shape index (κ3) is 6.18. The van der Waals surface area contributed by atoms with Crippen LogP contribution in [-0.2, 0) is 25.5 Å². The summed E-state index contributed by atoms with van der Waals surface area (Å²) >= 11 is 0. The molecule has 0 spiro atoms. The Morgan fingerprint density at radius 3 is 2.21 bits per heavy atom. The van der Waals surface area contributed by atoms with E-state index in [4.69, 9.17) is 18.9 Å². The fourth-order valence-electron chi connectivity index (χ4n) is 5.90. The van der Waals surface area contributed by atoms with Gasteiger partial charge >= 0.3 is 11.9 Å². The first-order valence-corrected chi connectivity index (χ1v) is 14.2. The molecule has 0 radical (unpaired) electrons. The molecule has 0 amide bonds. The highest BCUT2D eigenvalue weighted by Crippen LogP contribution is 2.46. The quantitative estimate of drug-likeness (QED) is 0.324. The van der Waals surface area contributed by atoms with Crippen LogP contribution in [0.15, 0.2) is 95.3 Å². The lowest BCUT2D eigenvalue weighted by molar-refractivity contribution is -0.139. The molecule has 8 nitrogen and oxygen atoms in total. The summed E-state index contributed by atoms with van der Waals surface area (Å²) in [6.07, 6.45) is 1.41. The summed E-state index contributed by atoms with van der Waals surface area (Å²) < 4.78 is 21.5. The molecule has 0 aromatic heterocycles. The maximum atomic E-state index is 14.0. The van der Waals surface area contributed by atoms with E-state index in [2.05, 4.69) is 5.32 Å². The largest absolute Gasteiger partial charge is 0.493 e. The number of rotatable bonds is 9. The number of methoxy groups -OCH3 is 3. The van der Waals surface area contributed by atoms with Crippen LogP contribution in [0.2, 0.25) is 0 Å². The minimum absolute atomic E-state index is 0.0577. The lowest BCUT2D eigenvalue weighted by atomic mass is 9.71. The number of ketones is 1. The van der Waals surface area contributed by atoms with Gasteiger partial charge in [-0.1, -0.05) is 48.5 Å². The van der Waals surface area contributed by atoms with Gasteiger partial charge in [-0.25, -0.2) is 9.59 Å². The Morgan fingerprint density at radius 1 is 0.837 bits per heavy atom. The Hall–Kier alpha value is -4.85. The van der Waals surface area contributed by atoms with Gasteiger partial charge in [0.05, 0.1) is 39.1 Å². The summed E-state index contributed by atoms with van der Waals surface area (Å²) in [5.74, 6) is -0.519. The zero-order valence-corrected chi connectivity index (χ0v) is 24.8. The van der Waals surface area contributed by atoms with Gasteiger partial charge in [0.15, 0.2) is 17.3 Å². The Labute approximate surface area is 251 Å². The fraction of sp³-hybridized carbons (Fsp3) is 0.286. The van der Waals surface area contributed by atoms with Crippen LogP contribution in [-0.4, -0.2) is 45.7 Å². The number of carbonyl (C=O) groups is 3. The second-order valence-corrected chi connectivity index (χ2v) is 10.6. The third-order valence-electron chi connectivity index (χ3n) is 8.06. The van der Waals surface area contributed by atoms with Crippen LogP contribution >= 0.6 is 0 Å². The van der Waals surface area contributed by atoms with Crippen molar-refractivity contribution in [2.75, 3.05) is 27.9 Å². The molecule has 5 rings (SSSR count). The molecule has 2 atom stereocenters. The molecule has 1 N–H and O–H groups in total. The van der Waals surface area contributed by atoms with Gasteiger partial charge in [-0.3, -0.25) is 4.79 Å². The monoisotopic (exact) mass is 581 g/mol. The van der Waals surface area contributed by atoms with E-state index in [1.165, 1.54) is 7.11 Å². The molecule has 0 fully saturated rings. The van der Waals surface area contributed by atoms with Crippen LogP contribution in [0.1, 0.15) is 58.6 Å². The van der Waals surface area contributed by atoms with Crippen LogP contribution in [0, 0.1) is 0 Å². The van der Waals surface area contributed by atoms with Crippen LogP contribution < -0.4 is 14.8 Å². The van der Waals surface area contributed by atoms with Gasteiger partial charge in [-0.15, -0.1) is 0 Å². The Morgan fingerprint density at radius 2 is 1.53 bits per heavy atom. The second-order valence-electron chi connectivity index (χ2n) is 10.6. The molecule has 1 heterocycles. The van der Waals surface area contributed by atoms with Crippen LogP contribution in [0.4, 0.5) is 0 Å². The molecule has 0 bridgehead atoms. The number of hydrogen-bond acceptors (Lipinski definition) is 8. The van der Waals surface area contributed by atoms with E-state index in [0.29, 0.717) is 52.3 Å². The minimum Gasteiger partial charge on any atom is -0.493 e. The summed E-state index contributed by atoms with van der Waals surface area (Å²) in [5.41, 5.74) is 5.46. The Kier molecular flexibility index (Phi) is 8.95. The first-order valence-electron chi connectivity index (χ1n) is 14.2. The number of Topliss-reactive ketones (excluding diaryl/α,β-unsaturated/α-hetero) is 1. The van der Waals surface area contributed by atoms with E-state index >= 15 is 0 Å². The predicted octanol–water partition coefficient (Wildman–Crippen LogP) is 5.64. The molecule has 1 aliphatic heterocycles. The average molecular weight is 582 g/mol. The molecule has 2 unspecified atom stereocenters. The van der Waals surface area contributed by atoms with E-state index < -0.39 is 17.9 Å². The van der Waals surface area contributed by atoms with Crippen LogP contribution in [0.5, 0.6) is 11.5 Å². The number of allylic oxidation sites excluding steroid dienone is 3. The lowest BCUT2D eigenvalue weighted by Gasteiger charge is -2.36. The van der Waals surface area contributed by atoms with E-state index in [0.717, 1.165) is 16.8 Å². The lowest BCUT2D eigenvalue weighted by Crippen LogP contribution is -2.36. The van der Waals surface area contributed by atoms with E-state index in [1.807, 2.05) is 55.5 Å². The molecule has 0 saturated heterocycles. The smallest absolute Gasteiger partial charge is 0.337 e. The number of ether oxygens (including phenoxy) is 4. The first-order chi connectivity index (χ1) is 20.8. The van der Waals surface area contributed by atoms with Gasteiger partial charge in [-0.2, -0.15) is 0 Å². The molecule has 222 valence electrons. The number of esters is 2. The van der Waals surface area contributed by atoms with Crippen molar-refractivity contribution in [1.82, 2.24) is 5.32 Å². The van der Waals surface area contributed by atoms with Crippen LogP contribution in [0.25, 0.3) is 0 Å². The summed E-state index contributed by atoms with van der Waals surface area (Å²) in [7, 11) is 4.49. The summed E-state index contributed by atoms with van der Waals surface area (Å²) in [5, 5.41) is 3.38. The molecular formula is C35H35NO7. The molecule has 3 aromatic carbocycles. The molecule has 1 aliphatic carbocycles. The number of dihydropyridines is 1. The highest BCUT2D eigenvalue weighted by Gasteiger charge is 2.41. The molecule has 2 aliphatic rings. The van der Waals surface area contributed by atoms with Gasteiger partial charge < -0.3 is 24.3 Å². The van der Waals surface area contributed by atoms with E-state index in [-0.39, 0.29) is 24.7 Å². The topological polar surface area (TPSA) is 100 Å². The molecule has 8 heteroatoms. The van der Waals surface area contributed by atoms with Crippen molar-refractivity contribution in [3.05, 3.63) is 118 Å². The standard InChI is InChI=1S/C35H35NO7/c1-21-31(35(39)43-17-16-22-8-6-5-7-9-22)32(23-10-12-24(13-11-23)34(38)42-4)33-27(36-21)18-26(19-28(33)37)25-14-15-29(40-2)30(20-25)41-3/h5-15,20,26,32,36H,16-19H2,1-4H3. The second kappa shape index (κ2) is 13.0. The van der Waals surface area contributed by atoms with Crippen molar-refractivity contribution in [3.63, 3.8) is 0 Å². The van der Waals surface area contributed by atoms with Gasteiger partial charge in [0, 0.05) is 35.7 Å². The minimum atomic E-state index is -0.647. The zero-order valence-electron chi connectivity index (χ0n) is 24.8. The zero-order chi connectivity index (χ0) is 30.5. The van der Waals surface area contributed by atoms with Crippen molar-refractivity contribution >= 4 is 17.7 Å². The van der Waals surface area contributed by atoms with Crippen molar-refractivity contribution in [2.45, 2.75) is 38.0 Å². The highest BCUT2D eigenvalue weighted by atomic mass is 16.5. The van der Waals surface area contributed by atoms with Gasteiger partial charge in [0.2, 0.25) is 0 Å². The van der Waals surface area contributed by atoms with Gasteiger partial charge in [0.25, 0.3) is 0 Å². The summed E-state index contributed by atoms with van der Waals surface area (Å²) in [4.78, 5) is 39.7. The third-order valence-corrected chi connectivity index (χ3v) is 8.06. The maximum absolute atomic E-state index is 14.0.